The van der Waals surface area contributed by atoms with Crippen molar-refractivity contribution in [1.82, 2.24) is 15.6 Å². The molecule has 2 heterocycles. The number of hydrogen-bond donors (Lipinski definition) is 3. The third-order valence-corrected chi connectivity index (χ3v) is 3.17. The summed E-state index contributed by atoms with van der Waals surface area (Å²) in [5.41, 5.74) is 5.37. The van der Waals surface area contributed by atoms with E-state index in [1.165, 1.54) is 0 Å². The van der Waals surface area contributed by atoms with Crippen molar-refractivity contribution < 1.29 is 4.79 Å². The van der Waals surface area contributed by atoms with Gasteiger partial charge >= 0.3 is 6.03 Å². The number of carbonyl (C=O) groups is 1. The van der Waals surface area contributed by atoms with E-state index in [0.717, 1.165) is 31.6 Å². The first kappa shape index (κ1) is 19.8. The number of nitrogens with one attached hydrogen (secondary N) is 2. The second kappa shape index (κ2) is 10.5. The molecule has 1 aliphatic heterocycles. The number of urea groups is 1. The number of rotatable bonds is 4. The maximum absolute atomic E-state index is 11.7. The number of nitrogens with two attached hydrogens (primary N) is 1. The van der Waals surface area contributed by atoms with E-state index in [2.05, 4.69) is 20.5 Å². The maximum atomic E-state index is 11.7. The minimum atomic E-state index is -0.168. The summed E-state index contributed by atoms with van der Waals surface area (Å²) in [7, 11) is 0. The lowest BCUT2D eigenvalue weighted by Crippen LogP contribution is -2.54. The highest BCUT2D eigenvalue weighted by Crippen LogP contribution is 2.21. The minimum absolute atomic E-state index is 0. The highest BCUT2D eigenvalue weighted by molar-refractivity contribution is 5.85. The summed E-state index contributed by atoms with van der Waals surface area (Å²) in [5, 5.41) is 5.71. The first-order valence-electron chi connectivity index (χ1n) is 6.73. The highest BCUT2D eigenvalue weighted by Gasteiger charge is 2.24. The van der Waals surface area contributed by atoms with Crippen molar-refractivity contribution in [3.8, 4) is 0 Å². The molecule has 8 heteroatoms. The number of amides is 2. The highest BCUT2D eigenvalue weighted by atomic mass is 35.5. The Labute approximate surface area is 137 Å². The van der Waals surface area contributed by atoms with Crippen molar-refractivity contribution in [3.05, 3.63) is 24.4 Å². The minimum Gasteiger partial charge on any atom is -0.337 e. The van der Waals surface area contributed by atoms with Crippen LogP contribution in [-0.2, 0) is 0 Å². The Kier molecular flexibility index (Phi) is 9.86. The number of aromatic nitrogens is 1. The molecule has 1 atom stereocenters. The monoisotopic (exact) mass is 335 g/mol. The largest absolute Gasteiger partial charge is 0.337 e. The molecule has 1 saturated heterocycles. The molecule has 1 unspecified atom stereocenters. The molecule has 0 aromatic carbocycles. The number of carbonyl (C=O) groups excluding carboxylic acids is 1. The topological polar surface area (TPSA) is 83.3 Å². The lowest BCUT2D eigenvalue weighted by molar-refractivity contribution is 0.234. The van der Waals surface area contributed by atoms with E-state index in [9.17, 15) is 4.79 Å². The molecule has 0 aliphatic carbocycles. The van der Waals surface area contributed by atoms with Gasteiger partial charge in [0.25, 0.3) is 0 Å². The molecule has 21 heavy (non-hydrogen) atoms. The molecule has 0 spiro atoms. The predicted molar refractivity (Wildman–Crippen MR) is 89.3 cm³/mol. The van der Waals surface area contributed by atoms with Gasteiger partial charge in [0.05, 0.1) is 0 Å². The van der Waals surface area contributed by atoms with Gasteiger partial charge in [0.15, 0.2) is 0 Å². The van der Waals surface area contributed by atoms with E-state index in [-0.39, 0.29) is 37.0 Å². The van der Waals surface area contributed by atoms with E-state index in [1.54, 1.807) is 6.20 Å². The van der Waals surface area contributed by atoms with Gasteiger partial charge in [0.1, 0.15) is 12.0 Å². The van der Waals surface area contributed by atoms with Crippen LogP contribution in [0.15, 0.2) is 24.4 Å². The quantitative estimate of drug-likeness (QED) is 0.778. The Morgan fingerprint density at radius 1 is 1.38 bits per heavy atom. The van der Waals surface area contributed by atoms with Crippen LogP contribution in [0.1, 0.15) is 19.3 Å². The first-order chi connectivity index (χ1) is 9.31. The molecule has 0 saturated carbocycles. The normalized spacial score (nSPS) is 17.2. The van der Waals surface area contributed by atoms with Gasteiger partial charge in [-0.3, -0.25) is 0 Å². The van der Waals surface area contributed by atoms with E-state index in [1.807, 2.05) is 18.2 Å². The molecule has 1 fully saturated rings. The summed E-state index contributed by atoms with van der Waals surface area (Å²) in [6.45, 7) is 1.85. The molecule has 1 aromatic rings. The number of nitrogens with zero attached hydrogens (tertiary/aromatic N) is 2. The lowest BCUT2D eigenvalue weighted by atomic mass is 10.1. The summed E-state index contributed by atoms with van der Waals surface area (Å²) in [6.07, 6.45) is 4.95. The molecule has 2 amide bonds. The van der Waals surface area contributed by atoms with Gasteiger partial charge < -0.3 is 21.3 Å². The van der Waals surface area contributed by atoms with Crippen LogP contribution < -0.4 is 21.3 Å². The Morgan fingerprint density at radius 2 is 2.19 bits per heavy atom. The van der Waals surface area contributed by atoms with Gasteiger partial charge in [0.2, 0.25) is 0 Å². The summed E-state index contributed by atoms with van der Waals surface area (Å²) in [6, 6.07) is 5.66. The molecule has 1 aromatic heterocycles. The van der Waals surface area contributed by atoms with E-state index in [0.29, 0.717) is 13.1 Å². The first-order valence-corrected chi connectivity index (χ1v) is 6.73. The van der Waals surface area contributed by atoms with Crippen molar-refractivity contribution in [3.63, 3.8) is 0 Å². The van der Waals surface area contributed by atoms with Crippen LogP contribution in [0.5, 0.6) is 0 Å². The van der Waals surface area contributed by atoms with Gasteiger partial charge in [-0.2, -0.15) is 0 Å². The van der Waals surface area contributed by atoms with Crippen LogP contribution in [0.25, 0.3) is 0 Å². The Bertz CT molecular complexity index is 407. The van der Waals surface area contributed by atoms with E-state index in [4.69, 9.17) is 5.73 Å². The number of hydrogen-bond acceptors (Lipinski definition) is 4. The van der Waals surface area contributed by atoms with E-state index < -0.39 is 0 Å². The van der Waals surface area contributed by atoms with Crippen molar-refractivity contribution in [2.24, 2.45) is 5.73 Å². The zero-order valence-corrected chi connectivity index (χ0v) is 13.5. The molecule has 4 N–H and O–H groups in total. The van der Waals surface area contributed by atoms with Crippen molar-refractivity contribution in [2.45, 2.75) is 25.4 Å². The van der Waals surface area contributed by atoms with Gasteiger partial charge in [-0.05, 0) is 31.4 Å². The van der Waals surface area contributed by atoms with Gasteiger partial charge in [-0.15, -0.1) is 24.8 Å². The van der Waals surface area contributed by atoms with E-state index >= 15 is 0 Å². The molecule has 0 bridgehead atoms. The van der Waals surface area contributed by atoms with Crippen molar-refractivity contribution >= 4 is 36.7 Å². The number of piperidine rings is 1. The smallest absolute Gasteiger partial charge is 0.316 e. The van der Waals surface area contributed by atoms with Gasteiger partial charge in [-0.25, -0.2) is 9.78 Å². The summed E-state index contributed by atoms with van der Waals surface area (Å²) in [4.78, 5) is 18.2. The predicted octanol–water partition coefficient (Wildman–Crippen LogP) is 1.50. The van der Waals surface area contributed by atoms with Gasteiger partial charge in [0, 0.05) is 25.8 Å². The lowest BCUT2D eigenvalue weighted by Gasteiger charge is -2.36. The summed E-state index contributed by atoms with van der Waals surface area (Å²) >= 11 is 0. The number of halogens is 2. The Morgan fingerprint density at radius 3 is 2.86 bits per heavy atom. The molecule has 0 radical (unpaired) electrons. The van der Waals surface area contributed by atoms with Crippen molar-refractivity contribution in [2.75, 3.05) is 24.5 Å². The molecule has 6 nitrogen and oxygen atoms in total. The molecule has 1 aliphatic rings. The molecule has 120 valence electrons. The Hall–Kier alpha value is -1.24. The average Bonchev–Trinajstić information content (AvgIpc) is 2.46. The third-order valence-electron chi connectivity index (χ3n) is 3.17. The average molecular weight is 336 g/mol. The Balaban J connectivity index is 0.00000200. The fourth-order valence-electron chi connectivity index (χ4n) is 2.27. The zero-order valence-electron chi connectivity index (χ0n) is 11.8. The molecule has 2 rings (SSSR count). The number of pyridine rings is 1. The van der Waals surface area contributed by atoms with Crippen LogP contribution in [0.2, 0.25) is 0 Å². The van der Waals surface area contributed by atoms with Crippen LogP contribution in [0.3, 0.4) is 0 Å². The summed E-state index contributed by atoms with van der Waals surface area (Å²) in [5.74, 6) is 0.909. The fourth-order valence-corrected chi connectivity index (χ4v) is 2.27. The van der Waals surface area contributed by atoms with Crippen LogP contribution >= 0.6 is 24.8 Å². The van der Waals surface area contributed by atoms with Crippen LogP contribution in [-0.4, -0.2) is 36.8 Å². The molecular formula is C13H23Cl2N5O. The standard InChI is InChI=1S/C13H21N5O.2ClH/c14-7-9-16-13(19)17-12-6-2-4-10-18(12)11-5-1-3-8-15-11;;/h1,3,5,8,12H,2,4,6-7,9-10,14H2,(H2,16,17,19);2*1H. The van der Waals surface area contributed by atoms with Gasteiger partial charge in [-0.1, -0.05) is 6.07 Å². The summed E-state index contributed by atoms with van der Waals surface area (Å²) < 4.78 is 0. The van der Waals surface area contributed by atoms with Crippen molar-refractivity contribution in [1.29, 1.82) is 0 Å². The number of anilines is 1. The van der Waals surface area contributed by atoms with Crippen LogP contribution in [0.4, 0.5) is 10.6 Å². The van der Waals surface area contributed by atoms with Crippen LogP contribution in [0, 0.1) is 0 Å². The maximum Gasteiger partial charge on any atom is 0.316 e. The molecular weight excluding hydrogens is 313 g/mol. The zero-order chi connectivity index (χ0) is 13.5. The fraction of sp³-hybridized carbons (Fsp3) is 0.538. The SMILES string of the molecule is Cl.Cl.NCCNC(=O)NC1CCCCN1c1ccccn1. The second-order valence-electron chi connectivity index (χ2n) is 4.58. The second-order valence-corrected chi connectivity index (χ2v) is 4.58. The third kappa shape index (κ3) is 5.95.